The van der Waals surface area contributed by atoms with Crippen LogP contribution in [0, 0.1) is 23.7 Å². The van der Waals surface area contributed by atoms with Gasteiger partial charge in [-0.1, -0.05) is 18.9 Å². The third-order valence-corrected chi connectivity index (χ3v) is 6.92. The van der Waals surface area contributed by atoms with Crippen molar-refractivity contribution in [1.29, 1.82) is 0 Å². The van der Waals surface area contributed by atoms with Gasteiger partial charge in [-0.25, -0.2) is 9.97 Å². The number of aliphatic hydroxyl groups excluding tert-OH is 1. The van der Waals surface area contributed by atoms with Crippen LogP contribution < -0.4 is 4.74 Å². The molecule has 1 amide bonds. The first-order chi connectivity index (χ1) is 17.4. The minimum Gasteiger partial charge on any atom is -0.472 e. The molecule has 3 atom stereocenters. The number of fused-ring (bicyclic) bond motifs is 1. The molecule has 0 bridgehead atoms. The first kappa shape index (κ1) is 26.1. The van der Waals surface area contributed by atoms with Crippen molar-refractivity contribution in [2.24, 2.45) is 11.8 Å². The minimum absolute atomic E-state index is 0.0543. The second-order valence-corrected chi connectivity index (χ2v) is 9.94. The number of amides is 1. The van der Waals surface area contributed by atoms with Gasteiger partial charge in [0.05, 0.1) is 12.6 Å². The quantitative estimate of drug-likeness (QED) is 0.620. The molecular weight excluding hydrogens is 456 g/mol. The second-order valence-electron chi connectivity index (χ2n) is 9.94. The van der Waals surface area contributed by atoms with Crippen LogP contribution in [0.4, 0.5) is 0 Å². The number of carbonyl (C=O) groups is 1. The number of hydrogen-bond donors (Lipinski definition) is 1. The molecule has 0 spiro atoms. The van der Waals surface area contributed by atoms with Gasteiger partial charge in [-0.15, -0.1) is 0 Å². The molecule has 0 saturated carbocycles. The van der Waals surface area contributed by atoms with Gasteiger partial charge in [-0.05, 0) is 56.9 Å². The molecule has 8 nitrogen and oxygen atoms in total. The van der Waals surface area contributed by atoms with Crippen LogP contribution in [0.2, 0.25) is 0 Å². The molecule has 0 radical (unpaired) electrons. The maximum atomic E-state index is 13.6. The highest BCUT2D eigenvalue weighted by Gasteiger charge is 2.34. The van der Waals surface area contributed by atoms with Crippen LogP contribution in [-0.4, -0.2) is 89.4 Å². The Balaban J connectivity index is 1.59. The van der Waals surface area contributed by atoms with E-state index in [1.165, 1.54) is 0 Å². The number of pyridine rings is 2. The molecule has 1 N–H and O–H groups in total. The number of hydrogen-bond acceptors (Lipinski definition) is 7. The molecule has 1 fully saturated rings. The van der Waals surface area contributed by atoms with Gasteiger partial charge in [0.25, 0.3) is 5.91 Å². The fraction of sp³-hybridized carbons (Fsp3) is 0.536. The Labute approximate surface area is 213 Å². The van der Waals surface area contributed by atoms with E-state index in [-0.39, 0.29) is 30.6 Å². The maximum Gasteiger partial charge on any atom is 0.259 e. The Morgan fingerprint density at radius 2 is 2.03 bits per heavy atom. The van der Waals surface area contributed by atoms with Crippen LogP contribution in [0.5, 0.6) is 5.88 Å². The Morgan fingerprint density at radius 1 is 1.22 bits per heavy atom. The first-order valence-corrected chi connectivity index (χ1v) is 12.7. The van der Waals surface area contributed by atoms with Crippen LogP contribution >= 0.6 is 0 Å². The third-order valence-electron chi connectivity index (χ3n) is 6.92. The summed E-state index contributed by atoms with van der Waals surface area (Å²) in [4.78, 5) is 26.4. The summed E-state index contributed by atoms with van der Waals surface area (Å²) in [5, 5.41) is 9.87. The molecule has 0 aliphatic carbocycles. The van der Waals surface area contributed by atoms with Crippen LogP contribution in [0.3, 0.4) is 0 Å². The predicted molar refractivity (Wildman–Crippen MR) is 137 cm³/mol. The highest BCUT2D eigenvalue weighted by Crippen LogP contribution is 2.27. The fourth-order valence-corrected chi connectivity index (χ4v) is 4.71. The Bertz CT molecular complexity index is 1080. The van der Waals surface area contributed by atoms with Gasteiger partial charge in [0.1, 0.15) is 17.4 Å². The standard InChI is InChI=1S/C28H36N4O4/c1-20-16-32(21(2)19-33)28(34)25-14-23(7-8-24-6-4-5-11-29-24)15-30-27(25)36-26(20)18-31(3)17-22-9-12-35-13-10-22/h4-6,11,14-15,20-22,26,33H,9-10,12-13,16-19H2,1-3H3/t20-,21-,26-/m1/s1. The summed E-state index contributed by atoms with van der Waals surface area (Å²) >= 11 is 0. The van der Waals surface area contributed by atoms with Gasteiger partial charge in [0.15, 0.2) is 0 Å². The number of nitrogens with zero attached hydrogens (tertiary/aromatic N) is 4. The van der Waals surface area contributed by atoms with E-state index in [9.17, 15) is 9.90 Å². The lowest BCUT2D eigenvalue weighted by atomic mass is 9.97. The van der Waals surface area contributed by atoms with E-state index in [0.29, 0.717) is 35.2 Å². The summed E-state index contributed by atoms with van der Waals surface area (Å²) in [5.74, 6) is 6.85. The molecule has 36 heavy (non-hydrogen) atoms. The first-order valence-electron chi connectivity index (χ1n) is 12.7. The van der Waals surface area contributed by atoms with E-state index in [4.69, 9.17) is 9.47 Å². The van der Waals surface area contributed by atoms with E-state index in [0.717, 1.165) is 39.1 Å². The number of aromatic nitrogens is 2. The molecule has 2 aromatic heterocycles. The van der Waals surface area contributed by atoms with Crippen molar-refractivity contribution in [2.45, 2.75) is 38.8 Å². The molecule has 2 aliphatic heterocycles. The molecule has 1 saturated heterocycles. The number of ether oxygens (including phenoxy) is 2. The van der Waals surface area contributed by atoms with Crippen molar-refractivity contribution in [3.8, 4) is 17.7 Å². The number of rotatable bonds is 6. The van der Waals surface area contributed by atoms with Gasteiger partial charge in [0.2, 0.25) is 5.88 Å². The summed E-state index contributed by atoms with van der Waals surface area (Å²) in [7, 11) is 2.12. The van der Waals surface area contributed by atoms with Crippen molar-refractivity contribution in [1.82, 2.24) is 19.8 Å². The highest BCUT2D eigenvalue weighted by molar-refractivity contribution is 5.97. The van der Waals surface area contributed by atoms with E-state index >= 15 is 0 Å². The van der Waals surface area contributed by atoms with Gasteiger partial charge in [-0.2, -0.15) is 0 Å². The van der Waals surface area contributed by atoms with E-state index in [2.05, 4.69) is 40.7 Å². The Hall–Kier alpha value is -2.99. The molecule has 4 rings (SSSR count). The largest absolute Gasteiger partial charge is 0.472 e. The summed E-state index contributed by atoms with van der Waals surface area (Å²) < 4.78 is 11.9. The predicted octanol–water partition coefficient (Wildman–Crippen LogP) is 2.45. The van der Waals surface area contributed by atoms with E-state index in [1.54, 1.807) is 23.4 Å². The van der Waals surface area contributed by atoms with Crippen molar-refractivity contribution in [2.75, 3.05) is 46.5 Å². The van der Waals surface area contributed by atoms with Crippen molar-refractivity contribution in [3.05, 3.63) is 53.5 Å². The monoisotopic (exact) mass is 492 g/mol. The fourth-order valence-electron chi connectivity index (χ4n) is 4.71. The average Bonchev–Trinajstić information content (AvgIpc) is 2.90. The number of likely N-dealkylation sites (N-methyl/N-ethyl adjacent to an activating group) is 1. The molecule has 4 heterocycles. The van der Waals surface area contributed by atoms with Crippen LogP contribution in [-0.2, 0) is 4.74 Å². The lowest BCUT2D eigenvalue weighted by Crippen LogP contribution is -2.50. The SMILES string of the molecule is C[C@@H]1CN([C@H](C)CO)C(=O)c2cc(C#Cc3ccccn3)cnc2O[C@@H]1CN(C)CC1CCOCC1. The molecule has 2 aliphatic rings. The molecule has 0 unspecified atom stereocenters. The molecule has 2 aromatic rings. The van der Waals surface area contributed by atoms with Gasteiger partial charge in [0, 0.05) is 56.7 Å². The van der Waals surface area contributed by atoms with Crippen molar-refractivity contribution in [3.63, 3.8) is 0 Å². The Morgan fingerprint density at radius 3 is 2.75 bits per heavy atom. The molecule has 192 valence electrons. The molecule has 8 heteroatoms. The van der Waals surface area contributed by atoms with E-state index < -0.39 is 0 Å². The minimum atomic E-state index is -0.324. The summed E-state index contributed by atoms with van der Waals surface area (Å²) in [6, 6.07) is 6.95. The van der Waals surface area contributed by atoms with Crippen molar-refractivity contribution < 1.29 is 19.4 Å². The zero-order valence-corrected chi connectivity index (χ0v) is 21.4. The normalized spacial score (nSPS) is 21.6. The average molecular weight is 493 g/mol. The van der Waals surface area contributed by atoms with Crippen molar-refractivity contribution >= 4 is 5.91 Å². The lowest BCUT2D eigenvalue weighted by molar-refractivity contribution is 0.0254. The van der Waals surface area contributed by atoms with Crippen LogP contribution in [0.1, 0.15) is 48.3 Å². The third kappa shape index (κ3) is 6.61. The topological polar surface area (TPSA) is 88.0 Å². The lowest BCUT2D eigenvalue weighted by Gasteiger charge is -2.38. The number of aliphatic hydroxyl groups is 1. The highest BCUT2D eigenvalue weighted by atomic mass is 16.5. The molecule has 0 aromatic carbocycles. The summed E-state index contributed by atoms with van der Waals surface area (Å²) in [5.41, 5.74) is 1.62. The zero-order chi connectivity index (χ0) is 25.5. The Kier molecular flexibility index (Phi) is 8.92. The molecular formula is C28H36N4O4. The van der Waals surface area contributed by atoms with E-state index in [1.807, 2.05) is 25.1 Å². The maximum absolute atomic E-state index is 13.6. The summed E-state index contributed by atoms with van der Waals surface area (Å²) in [6.07, 6.45) is 5.32. The van der Waals surface area contributed by atoms with Gasteiger partial charge >= 0.3 is 0 Å². The smallest absolute Gasteiger partial charge is 0.259 e. The summed E-state index contributed by atoms with van der Waals surface area (Å²) in [6.45, 7) is 7.67. The van der Waals surface area contributed by atoms with Crippen LogP contribution in [0.25, 0.3) is 0 Å². The van der Waals surface area contributed by atoms with Crippen LogP contribution in [0.15, 0.2) is 36.7 Å². The van der Waals surface area contributed by atoms with Gasteiger partial charge < -0.3 is 24.4 Å². The van der Waals surface area contributed by atoms with Gasteiger partial charge in [-0.3, -0.25) is 4.79 Å². The second kappa shape index (κ2) is 12.3. The zero-order valence-electron chi connectivity index (χ0n) is 21.4. The number of carbonyl (C=O) groups excluding carboxylic acids is 1.